The maximum absolute atomic E-state index is 14.4. The van der Waals surface area contributed by atoms with E-state index >= 15 is 0 Å². The predicted molar refractivity (Wildman–Crippen MR) is 283 cm³/mol. The van der Waals surface area contributed by atoms with Crippen LogP contribution in [0.2, 0.25) is 0 Å². The molecule has 2 fully saturated rings. The highest BCUT2D eigenvalue weighted by Gasteiger charge is 2.40. The number of carbonyl (C=O) groups excluding carboxylic acids is 6. The van der Waals surface area contributed by atoms with Gasteiger partial charge in [0.15, 0.2) is 0 Å². The van der Waals surface area contributed by atoms with Gasteiger partial charge in [-0.05, 0) is 73.1 Å². The van der Waals surface area contributed by atoms with Gasteiger partial charge in [0.1, 0.15) is 24.2 Å². The predicted octanol–water partition coefficient (Wildman–Crippen LogP) is 10.6. The molecule has 1 aromatic heterocycles. The van der Waals surface area contributed by atoms with Crippen molar-refractivity contribution >= 4 is 69.0 Å². The molecule has 2 saturated heterocycles. The van der Waals surface area contributed by atoms with Gasteiger partial charge in [-0.15, -0.1) is 0 Å². The summed E-state index contributed by atoms with van der Waals surface area (Å²) in [6.07, 6.45) is 9.54. The Kier molecular flexibility index (Phi) is 17.4. The van der Waals surface area contributed by atoms with Gasteiger partial charge in [0.2, 0.25) is 11.8 Å². The number of fused-ring (bicyclic) bond motifs is 3. The first-order valence-corrected chi connectivity index (χ1v) is 25.7. The molecule has 4 N–H and O–H groups in total. The van der Waals surface area contributed by atoms with Crippen LogP contribution in [0.15, 0.2) is 127 Å². The molecule has 5 aromatic carbocycles. The molecule has 2 aliphatic rings. The van der Waals surface area contributed by atoms with E-state index in [1.807, 2.05) is 66.7 Å². The van der Waals surface area contributed by atoms with E-state index in [-0.39, 0.29) is 17.9 Å². The van der Waals surface area contributed by atoms with E-state index in [1.165, 1.54) is 39.9 Å². The van der Waals surface area contributed by atoms with Crippen molar-refractivity contribution in [2.24, 2.45) is 0 Å². The Morgan fingerprint density at radius 2 is 0.945 bits per heavy atom. The van der Waals surface area contributed by atoms with E-state index in [4.69, 9.17) is 9.47 Å². The molecular formula is C58H67N7O8. The van der Waals surface area contributed by atoms with Gasteiger partial charge in [-0.2, -0.15) is 0 Å². The van der Waals surface area contributed by atoms with Crippen LogP contribution < -0.4 is 21.3 Å². The largest absolute Gasteiger partial charge is 0.453 e. The summed E-state index contributed by atoms with van der Waals surface area (Å²) < 4.78 is 12.1. The lowest BCUT2D eigenvalue weighted by molar-refractivity contribution is -0.138. The lowest BCUT2D eigenvalue weighted by Crippen LogP contribution is -2.48. The summed E-state index contributed by atoms with van der Waals surface area (Å²) in [4.78, 5) is 85.2. The number of ether oxygens (including phenoxy) is 2. The normalized spacial score (nSPS) is 16.6. The van der Waals surface area contributed by atoms with E-state index in [1.54, 1.807) is 58.3 Å². The maximum Gasteiger partial charge on any atom is 0.407 e. The molecule has 0 spiro atoms. The Bertz CT molecular complexity index is 2710. The summed E-state index contributed by atoms with van der Waals surface area (Å²) in [5.41, 5.74) is 5.17. The van der Waals surface area contributed by atoms with Crippen molar-refractivity contribution < 1.29 is 38.2 Å². The molecule has 15 nitrogen and oxygen atoms in total. The van der Waals surface area contributed by atoms with Crippen LogP contribution in [0.5, 0.6) is 0 Å². The van der Waals surface area contributed by atoms with Crippen LogP contribution in [0.4, 0.5) is 21.0 Å². The number of hydrogen-bond acceptors (Lipinski definition) is 8. The van der Waals surface area contributed by atoms with Crippen molar-refractivity contribution in [1.29, 1.82) is 0 Å². The first-order valence-electron chi connectivity index (χ1n) is 25.7. The third kappa shape index (κ3) is 12.2. The highest BCUT2D eigenvalue weighted by atomic mass is 16.5. The zero-order valence-corrected chi connectivity index (χ0v) is 42.0. The fourth-order valence-corrected chi connectivity index (χ4v) is 10.6. The second kappa shape index (κ2) is 24.6. The molecule has 3 heterocycles. The van der Waals surface area contributed by atoms with Crippen molar-refractivity contribution in [2.45, 2.75) is 114 Å². The first kappa shape index (κ1) is 51.7. The standard InChI is InChI=1S/C58H67N7O8/c1-4-5-6-7-8-9-19-28-46(39-22-13-10-14-23-39)65-49-37-42(59-53(66)47-29-20-35-63(47)55(68)51(61-57(70)72-2)40-24-15-11-16-25-40)31-33-44(49)45-34-32-43(38-50(45)65)60-54(67)48-30-21-36-64(48)56(69)52(62-58(71)73-3)41-26-17-12-18-27-41/h10-18,22-27,31-34,37-38,46-48,51-52H,4-9,19-21,28-30,35-36H2,1-3H3,(H,59,66)(H,60,67)(H,61,70)(H,62,71)/t46?,47-,48-,51+,52+/m0/s1. The maximum atomic E-state index is 14.4. The van der Waals surface area contributed by atoms with Crippen LogP contribution >= 0.6 is 0 Å². The smallest absolute Gasteiger partial charge is 0.407 e. The number of nitrogens with one attached hydrogen (secondary N) is 4. The zero-order valence-electron chi connectivity index (χ0n) is 42.0. The van der Waals surface area contributed by atoms with Gasteiger partial charge in [0.05, 0.1) is 31.3 Å². The molecule has 6 aromatic rings. The molecular weight excluding hydrogens is 923 g/mol. The SMILES string of the molecule is CCCCCCCCCC(c1ccccc1)n1c2cc(NC(=O)[C@@H]3CCCN3C(=O)[C@H](NC(=O)OC)c3ccccc3)ccc2c2ccc(NC(=O)[C@@H]3CCCN3C(=O)[C@H](NC(=O)OC)c3ccccc3)cc21. The number of hydrogen-bond donors (Lipinski definition) is 4. The average molecular weight is 990 g/mol. The lowest BCUT2D eigenvalue weighted by atomic mass is 9.98. The van der Waals surface area contributed by atoms with Gasteiger partial charge in [-0.25, -0.2) is 9.59 Å². The molecule has 2 aliphatic heterocycles. The second-order valence-electron chi connectivity index (χ2n) is 19.0. The Morgan fingerprint density at radius 3 is 1.37 bits per heavy atom. The Labute approximate surface area is 427 Å². The number of carbonyl (C=O) groups is 6. The van der Waals surface area contributed by atoms with E-state index < -0.39 is 48.2 Å². The van der Waals surface area contributed by atoms with Crippen LogP contribution in [0.25, 0.3) is 21.8 Å². The van der Waals surface area contributed by atoms with Gasteiger partial charge in [0.25, 0.3) is 11.8 Å². The highest BCUT2D eigenvalue weighted by Crippen LogP contribution is 2.39. The van der Waals surface area contributed by atoms with Gasteiger partial charge < -0.3 is 45.1 Å². The number of nitrogens with zero attached hydrogens (tertiary/aromatic N) is 3. The lowest BCUT2D eigenvalue weighted by Gasteiger charge is -2.28. The van der Waals surface area contributed by atoms with Crippen LogP contribution in [0, 0.1) is 0 Å². The molecule has 382 valence electrons. The molecule has 0 aliphatic carbocycles. The monoisotopic (exact) mass is 990 g/mol. The minimum absolute atomic E-state index is 0.117. The number of alkyl carbamates (subject to hydrolysis) is 2. The number of likely N-dealkylation sites (tertiary alicyclic amines) is 2. The van der Waals surface area contributed by atoms with Crippen molar-refractivity contribution in [3.8, 4) is 0 Å². The van der Waals surface area contributed by atoms with Crippen molar-refractivity contribution in [3.63, 3.8) is 0 Å². The average Bonchev–Trinajstić information content (AvgIpc) is 4.20. The summed E-state index contributed by atoms with van der Waals surface area (Å²) in [5.74, 6) is -1.46. The number of aromatic nitrogens is 1. The summed E-state index contributed by atoms with van der Waals surface area (Å²) in [7, 11) is 2.48. The van der Waals surface area contributed by atoms with Gasteiger partial charge in [-0.1, -0.05) is 155 Å². The van der Waals surface area contributed by atoms with Crippen LogP contribution in [-0.4, -0.2) is 89.6 Å². The first-order chi connectivity index (χ1) is 35.6. The third-order valence-corrected chi connectivity index (χ3v) is 14.2. The Hall–Kier alpha value is -7.68. The van der Waals surface area contributed by atoms with Gasteiger partial charge >= 0.3 is 12.2 Å². The molecule has 0 saturated carbocycles. The van der Waals surface area contributed by atoms with Gasteiger partial charge in [0, 0.05) is 35.2 Å². The van der Waals surface area contributed by atoms with Crippen LogP contribution in [0.3, 0.4) is 0 Å². The fraction of sp³-hybridized carbons (Fsp3) is 0.379. The van der Waals surface area contributed by atoms with Crippen molar-refractivity contribution in [2.75, 3.05) is 37.9 Å². The number of benzene rings is 5. The Morgan fingerprint density at radius 1 is 0.534 bits per heavy atom. The van der Waals surface area contributed by atoms with Gasteiger partial charge in [-0.3, -0.25) is 19.2 Å². The molecule has 5 atom stereocenters. The molecule has 0 bridgehead atoms. The van der Waals surface area contributed by atoms with Crippen molar-refractivity contribution in [3.05, 3.63) is 144 Å². The highest BCUT2D eigenvalue weighted by molar-refractivity contribution is 6.11. The fourth-order valence-electron chi connectivity index (χ4n) is 10.6. The second-order valence-corrected chi connectivity index (χ2v) is 19.0. The number of methoxy groups -OCH3 is 2. The molecule has 15 heteroatoms. The van der Waals surface area contributed by atoms with E-state index in [0.717, 1.165) is 53.1 Å². The topological polar surface area (TPSA) is 180 Å². The molecule has 1 unspecified atom stereocenters. The number of rotatable bonds is 20. The van der Waals surface area contributed by atoms with Crippen molar-refractivity contribution in [1.82, 2.24) is 25.0 Å². The summed E-state index contributed by atoms with van der Waals surface area (Å²) in [6.45, 7) is 2.92. The molecule has 6 amide bonds. The molecule has 73 heavy (non-hydrogen) atoms. The number of amides is 6. The minimum Gasteiger partial charge on any atom is -0.453 e. The quantitative estimate of drug-likeness (QED) is 0.0546. The number of anilines is 2. The van der Waals surface area contributed by atoms with Crippen LogP contribution in [-0.2, 0) is 28.7 Å². The van der Waals surface area contributed by atoms with E-state index in [2.05, 4.69) is 44.9 Å². The zero-order chi connectivity index (χ0) is 51.3. The number of unbranched alkanes of at least 4 members (excludes halogenated alkanes) is 6. The Balaban J connectivity index is 1.12. The summed E-state index contributed by atoms with van der Waals surface area (Å²) in [6, 6.07) is 36.2. The summed E-state index contributed by atoms with van der Waals surface area (Å²) >= 11 is 0. The molecule has 8 rings (SSSR count). The van der Waals surface area contributed by atoms with E-state index in [0.29, 0.717) is 61.3 Å². The van der Waals surface area contributed by atoms with Crippen LogP contribution in [0.1, 0.15) is 119 Å². The third-order valence-electron chi connectivity index (χ3n) is 14.2. The summed E-state index contributed by atoms with van der Waals surface area (Å²) in [5, 5.41) is 13.6. The molecule has 0 radical (unpaired) electrons. The minimum atomic E-state index is -1.04. The van der Waals surface area contributed by atoms with E-state index in [9.17, 15) is 28.8 Å².